The van der Waals surface area contributed by atoms with Crippen LogP contribution in [0.3, 0.4) is 0 Å². The normalized spacial score (nSPS) is 20.8. The number of imidazole rings is 1. The molecule has 0 bridgehead atoms. The molecule has 0 aliphatic carbocycles. The zero-order valence-corrected chi connectivity index (χ0v) is 22.8. The van der Waals surface area contributed by atoms with E-state index in [0.717, 1.165) is 4.57 Å². The third-order valence-corrected chi connectivity index (χ3v) is 8.22. The molecule has 0 amide bonds. The van der Waals surface area contributed by atoms with Crippen molar-refractivity contribution in [1.29, 1.82) is 0 Å². The fraction of sp³-hybridized carbons (Fsp3) is 0.591. The predicted octanol–water partition coefficient (Wildman–Crippen LogP) is 0.879. The van der Waals surface area contributed by atoms with Crippen LogP contribution in [0.2, 0.25) is 0 Å². The van der Waals surface area contributed by atoms with Crippen molar-refractivity contribution in [2.24, 2.45) is 0 Å². The van der Waals surface area contributed by atoms with Crippen molar-refractivity contribution in [2.45, 2.75) is 25.7 Å². The molecule has 39 heavy (non-hydrogen) atoms. The second kappa shape index (κ2) is 10.5. The van der Waals surface area contributed by atoms with E-state index < -0.39 is 22.3 Å². The summed E-state index contributed by atoms with van der Waals surface area (Å²) in [5.41, 5.74) is 0.805. The van der Waals surface area contributed by atoms with Crippen LogP contribution in [0.5, 0.6) is 0 Å². The van der Waals surface area contributed by atoms with Crippen LogP contribution in [0.15, 0.2) is 12.4 Å². The van der Waals surface area contributed by atoms with Gasteiger partial charge in [0.05, 0.1) is 0 Å². The Morgan fingerprint density at radius 2 is 1.79 bits per heavy atom. The van der Waals surface area contributed by atoms with Gasteiger partial charge in [0.25, 0.3) is 0 Å². The minimum absolute atomic E-state index is 0.0676. The molecular weight excluding hydrogens is 536 g/mol. The Morgan fingerprint density at radius 1 is 1.10 bits per heavy atom. The van der Waals surface area contributed by atoms with E-state index in [-0.39, 0.29) is 29.0 Å². The molecule has 5 rings (SSSR count). The molecule has 2 fully saturated rings. The molecule has 5 heterocycles. The predicted molar refractivity (Wildman–Crippen MR) is 145 cm³/mol. The van der Waals surface area contributed by atoms with E-state index in [9.17, 15) is 17.4 Å². The molecule has 2 aliphatic rings. The van der Waals surface area contributed by atoms with Crippen LogP contribution in [0.25, 0.3) is 22.6 Å². The minimum atomic E-state index is -4.53. The number of rotatable bonds is 6. The first-order valence-corrected chi connectivity index (χ1v) is 14.6. The van der Waals surface area contributed by atoms with Gasteiger partial charge in [-0.2, -0.15) is 0 Å². The molecule has 1 N–H and O–H groups in total. The molecule has 2 aliphatic heterocycles. The van der Waals surface area contributed by atoms with Gasteiger partial charge in [0, 0.05) is 7.05 Å². The number of morpholine rings is 1. The van der Waals surface area contributed by atoms with Crippen molar-refractivity contribution in [3.05, 3.63) is 12.4 Å². The third kappa shape index (κ3) is 5.79. The number of halogens is 3. The van der Waals surface area contributed by atoms with Gasteiger partial charge in [0.2, 0.25) is 5.95 Å². The van der Waals surface area contributed by atoms with Gasteiger partial charge in [-0.05, 0) is 0 Å². The molecule has 1 unspecified atom stereocenters. The van der Waals surface area contributed by atoms with E-state index in [0.29, 0.717) is 63.3 Å². The molecule has 0 radical (unpaired) electrons. The van der Waals surface area contributed by atoms with Gasteiger partial charge in [-0.1, -0.05) is 0 Å². The summed E-state index contributed by atoms with van der Waals surface area (Å²) in [7, 11) is -0.782. The Morgan fingerprint density at radius 3 is 2.38 bits per heavy atom. The number of hydrogen-bond acceptors (Lipinski definition) is 10. The Labute approximate surface area is 225 Å². The first-order valence-electron chi connectivity index (χ1n) is 12.5. The summed E-state index contributed by atoms with van der Waals surface area (Å²) in [4.78, 5) is 26.2. The van der Waals surface area contributed by atoms with Gasteiger partial charge in [-0.25, -0.2) is 9.97 Å². The molecular formula is C22H30BF3N10O2S. The maximum absolute atomic E-state index is 13.9. The average Bonchev–Trinajstić information content (AvgIpc) is 3.24. The second-order valence-electron chi connectivity index (χ2n) is 9.70. The van der Waals surface area contributed by atoms with E-state index in [4.69, 9.17) is 14.7 Å². The fourth-order valence-corrected chi connectivity index (χ4v) is 6.23. The number of anilines is 3. The molecule has 3 aromatic heterocycles. The number of nitrogens with zero attached hydrogens (tertiary/aromatic N) is 9. The van der Waals surface area contributed by atoms with Crippen molar-refractivity contribution in [3.63, 3.8) is 0 Å². The molecule has 0 spiro atoms. The van der Waals surface area contributed by atoms with Crippen LogP contribution in [0, 0.1) is 0 Å². The summed E-state index contributed by atoms with van der Waals surface area (Å²) >= 11 is 0. The quantitative estimate of drug-likeness (QED) is 0.431. The monoisotopic (exact) mass is 566 g/mol. The third-order valence-electron chi connectivity index (χ3n) is 6.68. The molecule has 0 saturated carbocycles. The zero-order valence-electron chi connectivity index (χ0n) is 22.0. The number of hydrogen-bond donors (Lipinski definition) is 1. The van der Waals surface area contributed by atoms with Crippen LogP contribution < -0.4 is 15.1 Å². The number of fused-ring (bicyclic) bond motifs is 1. The van der Waals surface area contributed by atoms with Gasteiger partial charge >= 0.3 is 192 Å². The van der Waals surface area contributed by atoms with Crippen LogP contribution in [0.4, 0.5) is 30.9 Å². The summed E-state index contributed by atoms with van der Waals surface area (Å²) in [6, 6.07) is -0.212. The zero-order chi connectivity index (χ0) is 27.9. The summed E-state index contributed by atoms with van der Waals surface area (Å²) in [6.07, 6.45) is 0.0894. The van der Waals surface area contributed by atoms with Crippen LogP contribution in [-0.2, 0) is 20.8 Å². The van der Waals surface area contributed by atoms with E-state index in [1.165, 1.54) is 12.4 Å². The molecule has 2 saturated heterocycles. The summed E-state index contributed by atoms with van der Waals surface area (Å²) < 4.78 is 62.8. The SMILES string of the molecule is B=S(C)(=O)N1CCN(c2nc3c(N4CCOCC4)nc(-c4cnc(NC)nc4)nc3n2CC(F)(F)F)C[C@@H]1C. The van der Waals surface area contributed by atoms with Gasteiger partial charge < -0.3 is 10.1 Å². The Hall–Kier alpha value is -3.05. The van der Waals surface area contributed by atoms with Gasteiger partial charge in [-0.15, -0.1) is 0 Å². The van der Waals surface area contributed by atoms with Crippen molar-refractivity contribution in [3.8, 4) is 11.4 Å². The van der Waals surface area contributed by atoms with Gasteiger partial charge in [0.15, 0.2) is 0 Å². The Bertz CT molecular complexity index is 1450. The van der Waals surface area contributed by atoms with Gasteiger partial charge in [0.1, 0.15) is 0 Å². The van der Waals surface area contributed by atoms with Crippen LogP contribution >= 0.6 is 0 Å². The molecule has 3 aromatic rings. The number of piperazine rings is 1. The molecule has 12 nitrogen and oxygen atoms in total. The number of ether oxygens (including phenoxy) is 1. The summed E-state index contributed by atoms with van der Waals surface area (Å²) in [5.74, 6) is 1.16. The Balaban J connectivity index is 1.67. The average molecular weight is 566 g/mol. The van der Waals surface area contributed by atoms with Crippen LogP contribution in [-0.4, -0.2) is 116 Å². The standard InChI is InChI=1S/C22H30BF3N10O2S/c1-14-12-34(4-5-36(14)39(3,23)37)21-30-16-18(33-6-8-38-9-7-33)31-17(15-10-28-20(27-2)29-11-15)32-19(16)35(21)13-22(24,25)26/h10-11,14,23H,4-9,12-13H2,1-3H3,(H,27,28,29)/t14-,39?/m0/s1. The van der Waals surface area contributed by atoms with E-state index in [2.05, 4.69) is 27.0 Å². The van der Waals surface area contributed by atoms with E-state index >= 15 is 0 Å². The Kier molecular flexibility index (Phi) is 7.41. The van der Waals surface area contributed by atoms with Crippen molar-refractivity contribution in [2.75, 3.05) is 74.4 Å². The summed E-state index contributed by atoms with van der Waals surface area (Å²) in [5, 5.41) is 2.83. The van der Waals surface area contributed by atoms with E-state index in [1.54, 1.807) is 22.5 Å². The van der Waals surface area contributed by atoms with Gasteiger partial charge in [-0.3, -0.25) is 0 Å². The number of alkyl halides is 3. The first-order chi connectivity index (χ1) is 18.4. The first kappa shape index (κ1) is 27.5. The molecule has 17 heteroatoms. The van der Waals surface area contributed by atoms with Crippen molar-refractivity contribution < 1.29 is 22.1 Å². The number of aromatic nitrogens is 6. The van der Waals surface area contributed by atoms with Crippen molar-refractivity contribution in [1.82, 2.24) is 33.8 Å². The maximum atomic E-state index is 13.9. The van der Waals surface area contributed by atoms with Crippen LogP contribution in [0.1, 0.15) is 6.92 Å². The molecule has 210 valence electrons. The fourth-order valence-electron chi connectivity index (χ4n) is 4.93. The topological polar surface area (TPSA) is 117 Å². The molecule has 0 aromatic carbocycles. The second-order valence-corrected chi connectivity index (χ2v) is 12.1. The summed E-state index contributed by atoms with van der Waals surface area (Å²) in [6.45, 7) is 7.33. The molecule has 2 atom stereocenters. The van der Waals surface area contributed by atoms with E-state index in [1.807, 2.05) is 11.8 Å². The number of nitrogens with one attached hydrogen (secondary N) is 1. The van der Waals surface area contributed by atoms with Crippen molar-refractivity contribution >= 4 is 45.1 Å².